The van der Waals surface area contributed by atoms with Gasteiger partial charge in [-0.15, -0.1) is 0 Å². The lowest BCUT2D eigenvalue weighted by molar-refractivity contribution is -0.0498. The second-order valence-electron chi connectivity index (χ2n) is 6.02. The third kappa shape index (κ3) is 4.14. The highest BCUT2D eigenvalue weighted by Gasteiger charge is 2.12. The molecule has 0 saturated heterocycles. The molecule has 2 aromatic carbocycles. The van der Waals surface area contributed by atoms with Crippen LogP contribution in [0.2, 0.25) is 0 Å². The maximum absolute atomic E-state index is 12.5. The largest absolute Gasteiger partial charge is 0.435 e. The summed E-state index contributed by atoms with van der Waals surface area (Å²) in [6.07, 6.45) is 0. The Kier molecular flexibility index (Phi) is 5.11. The Hall–Kier alpha value is -3.02. The van der Waals surface area contributed by atoms with E-state index in [1.54, 1.807) is 19.1 Å². The van der Waals surface area contributed by atoms with Gasteiger partial charge in [0, 0.05) is 11.9 Å². The molecule has 1 aromatic heterocycles. The Morgan fingerprint density at radius 3 is 2.54 bits per heavy atom. The lowest BCUT2D eigenvalue weighted by Crippen LogP contribution is -2.24. The van der Waals surface area contributed by atoms with Gasteiger partial charge in [0.25, 0.3) is 5.91 Å². The molecule has 0 fully saturated rings. The normalized spacial score (nSPS) is 11.0. The predicted molar refractivity (Wildman–Crippen MR) is 95.5 cm³/mol. The average Bonchev–Trinajstić information content (AvgIpc) is 2.59. The number of ether oxygens (including phenoxy) is 1. The van der Waals surface area contributed by atoms with Crippen molar-refractivity contribution < 1.29 is 18.3 Å². The van der Waals surface area contributed by atoms with Gasteiger partial charge in [-0.1, -0.05) is 24.3 Å². The molecule has 0 saturated carbocycles. The Morgan fingerprint density at radius 2 is 1.85 bits per heavy atom. The third-order valence-electron chi connectivity index (χ3n) is 4.01. The van der Waals surface area contributed by atoms with Crippen molar-refractivity contribution >= 4 is 16.8 Å². The van der Waals surface area contributed by atoms with Crippen LogP contribution < -0.4 is 10.1 Å². The number of benzene rings is 2. The summed E-state index contributed by atoms with van der Waals surface area (Å²) in [5.74, 6) is -0.148. The Morgan fingerprint density at radius 1 is 1.12 bits per heavy atom. The van der Waals surface area contributed by atoms with Crippen molar-refractivity contribution in [2.24, 2.45) is 0 Å². The van der Waals surface area contributed by atoms with Crippen molar-refractivity contribution in [2.45, 2.75) is 27.0 Å². The molecule has 0 atom stereocenters. The van der Waals surface area contributed by atoms with E-state index in [4.69, 9.17) is 0 Å². The summed E-state index contributed by atoms with van der Waals surface area (Å²) in [4.78, 5) is 17.0. The van der Waals surface area contributed by atoms with E-state index in [-0.39, 0.29) is 18.2 Å². The zero-order valence-electron chi connectivity index (χ0n) is 14.4. The Balaban J connectivity index is 1.71. The fourth-order valence-electron chi connectivity index (χ4n) is 2.67. The van der Waals surface area contributed by atoms with Crippen LogP contribution in [0.5, 0.6) is 5.75 Å². The van der Waals surface area contributed by atoms with Crippen LogP contribution in [-0.2, 0) is 6.54 Å². The zero-order chi connectivity index (χ0) is 18.7. The predicted octanol–water partition coefficient (Wildman–Crippen LogP) is 4.38. The summed E-state index contributed by atoms with van der Waals surface area (Å²) >= 11 is 0. The molecular formula is C20H18F2N2O2. The van der Waals surface area contributed by atoms with Crippen LogP contribution in [0.4, 0.5) is 8.78 Å². The van der Waals surface area contributed by atoms with Gasteiger partial charge in [0.15, 0.2) is 0 Å². The summed E-state index contributed by atoms with van der Waals surface area (Å²) in [7, 11) is 0. The van der Waals surface area contributed by atoms with Crippen LogP contribution in [0.25, 0.3) is 10.9 Å². The van der Waals surface area contributed by atoms with Gasteiger partial charge in [0.05, 0.1) is 16.8 Å². The average molecular weight is 356 g/mol. The van der Waals surface area contributed by atoms with Gasteiger partial charge in [-0.3, -0.25) is 9.78 Å². The van der Waals surface area contributed by atoms with E-state index < -0.39 is 6.61 Å². The standard InChI is InChI=1S/C20H18F2N2O2/c1-12-3-6-15-10-17(13(2)24-18(15)9-12)19(25)23-11-14-4-7-16(8-5-14)26-20(21)22/h3-10,20H,11H2,1-2H3,(H,23,25). The molecule has 3 aromatic rings. The minimum Gasteiger partial charge on any atom is -0.435 e. The molecule has 0 bridgehead atoms. The smallest absolute Gasteiger partial charge is 0.387 e. The van der Waals surface area contributed by atoms with Gasteiger partial charge in [0.2, 0.25) is 0 Å². The summed E-state index contributed by atoms with van der Waals surface area (Å²) < 4.78 is 28.6. The topological polar surface area (TPSA) is 51.2 Å². The van der Waals surface area contributed by atoms with E-state index >= 15 is 0 Å². The van der Waals surface area contributed by atoms with Crippen LogP contribution >= 0.6 is 0 Å². The van der Waals surface area contributed by atoms with Gasteiger partial charge < -0.3 is 10.1 Å². The fourth-order valence-corrected chi connectivity index (χ4v) is 2.67. The van der Waals surface area contributed by atoms with Crippen LogP contribution in [0.3, 0.4) is 0 Å². The number of pyridine rings is 1. The summed E-state index contributed by atoms with van der Waals surface area (Å²) in [5.41, 5.74) is 3.91. The van der Waals surface area contributed by atoms with Gasteiger partial charge in [0.1, 0.15) is 5.75 Å². The first kappa shape index (κ1) is 17.8. The molecule has 0 radical (unpaired) electrons. The number of hydrogen-bond donors (Lipinski definition) is 1. The van der Waals surface area contributed by atoms with E-state index in [2.05, 4.69) is 15.0 Å². The number of nitrogens with zero attached hydrogens (tertiary/aromatic N) is 1. The summed E-state index contributed by atoms with van der Waals surface area (Å²) in [6.45, 7) is 1.22. The number of amides is 1. The number of hydrogen-bond acceptors (Lipinski definition) is 3. The maximum Gasteiger partial charge on any atom is 0.387 e. The molecule has 4 nitrogen and oxygen atoms in total. The van der Waals surface area contributed by atoms with Crippen molar-refractivity contribution in [1.82, 2.24) is 10.3 Å². The number of carbonyl (C=O) groups is 1. The first-order valence-electron chi connectivity index (χ1n) is 8.12. The van der Waals surface area contributed by atoms with E-state index in [9.17, 15) is 13.6 Å². The Bertz CT molecular complexity index is 940. The first-order chi connectivity index (χ1) is 12.4. The quantitative estimate of drug-likeness (QED) is 0.738. The minimum atomic E-state index is -2.85. The molecule has 6 heteroatoms. The van der Waals surface area contributed by atoms with Crippen molar-refractivity contribution in [3.63, 3.8) is 0 Å². The number of fused-ring (bicyclic) bond motifs is 1. The molecule has 3 rings (SSSR count). The first-order valence-corrected chi connectivity index (χ1v) is 8.12. The molecule has 0 unspecified atom stereocenters. The summed E-state index contributed by atoms with van der Waals surface area (Å²) in [5, 5.41) is 3.73. The number of aromatic nitrogens is 1. The second kappa shape index (κ2) is 7.47. The maximum atomic E-state index is 12.5. The van der Waals surface area contributed by atoms with Crippen molar-refractivity contribution in [2.75, 3.05) is 0 Å². The van der Waals surface area contributed by atoms with E-state index in [0.29, 0.717) is 11.3 Å². The molecular weight excluding hydrogens is 338 g/mol. The number of alkyl halides is 2. The molecule has 1 N–H and O–H groups in total. The zero-order valence-corrected chi connectivity index (χ0v) is 14.4. The van der Waals surface area contributed by atoms with Crippen LogP contribution in [0.15, 0.2) is 48.5 Å². The van der Waals surface area contributed by atoms with E-state index in [1.165, 1.54) is 12.1 Å². The van der Waals surface area contributed by atoms with E-state index in [1.807, 2.05) is 31.2 Å². The third-order valence-corrected chi connectivity index (χ3v) is 4.01. The highest BCUT2D eigenvalue weighted by atomic mass is 19.3. The van der Waals surface area contributed by atoms with Crippen molar-refractivity contribution in [3.05, 3.63) is 70.9 Å². The SMILES string of the molecule is Cc1ccc2cc(C(=O)NCc3ccc(OC(F)F)cc3)c(C)nc2c1. The Labute approximate surface area is 149 Å². The van der Waals surface area contributed by atoms with Crippen molar-refractivity contribution in [1.29, 1.82) is 0 Å². The lowest BCUT2D eigenvalue weighted by atomic mass is 10.1. The number of halogens is 2. The molecule has 134 valence electrons. The molecule has 1 amide bonds. The van der Waals surface area contributed by atoms with Crippen molar-refractivity contribution in [3.8, 4) is 5.75 Å². The van der Waals surface area contributed by atoms with Crippen LogP contribution in [-0.4, -0.2) is 17.5 Å². The molecule has 26 heavy (non-hydrogen) atoms. The van der Waals surface area contributed by atoms with E-state index in [0.717, 1.165) is 22.0 Å². The van der Waals surface area contributed by atoms with Gasteiger partial charge >= 0.3 is 6.61 Å². The molecule has 0 aliphatic heterocycles. The fraction of sp³-hybridized carbons (Fsp3) is 0.200. The second-order valence-corrected chi connectivity index (χ2v) is 6.02. The van der Waals surface area contributed by atoms with Crippen LogP contribution in [0, 0.1) is 13.8 Å². The van der Waals surface area contributed by atoms with Gasteiger partial charge in [-0.05, 0) is 49.2 Å². The highest BCUT2D eigenvalue weighted by molar-refractivity contribution is 5.98. The molecule has 0 aliphatic carbocycles. The number of aryl methyl sites for hydroxylation is 2. The number of nitrogens with one attached hydrogen (secondary N) is 1. The van der Waals surface area contributed by atoms with Gasteiger partial charge in [-0.2, -0.15) is 8.78 Å². The van der Waals surface area contributed by atoms with Crippen LogP contribution in [0.1, 0.15) is 27.2 Å². The number of carbonyl (C=O) groups excluding carboxylic acids is 1. The van der Waals surface area contributed by atoms with Gasteiger partial charge in [-0.25, -0.2) is 0 Å². The highest BCUT2D eigenvalue weighted by Crippen LogP contribution is 2.18. The molecule has 1 heterocycles. The molecule has 0 aliphatic rings. The lowest BCUT2D eigenvalue weighted by Gasteiger charge is -2.10. The summed E-state index contributed by atoms with van der Waals surface area (Å²) in [6, 6.07) is 13.9. The molecule has 0 spiro atoms. The monoisotopic (exact) mass is 356 g/mol. The number of rotatable bonds is 5. The minimum absolute atomic E-state index is 0.0833.